The van der Waals surface area contributed by atoms with Crippen LogP contribution in [0.25, 0.3) is 0 Å². The highest BCUT2D eigenvalue weighted by molar-refractivity contribution is 5.53. The maximum atomic E-state index is 13.1. The van der Waals surface area contributed by atoms with E-state index in [1.165, 1.54) is 12.1 Å². The van der Waals surface area contributed by atoms with Gasteiger partial charge in [0.2, 0.25) is 6.79 Å². The molecule has 6 N–H and O–H groups in total. The zero-order chi connectivity index (χ0) is 23.1. The van der Waals surface area contributed by atoms with Crippen LogP contribution in [0.4, 0.5) is 37.7 Å². The lowest BCUT2D eigenvalue weighted by Gasteiger charge is -2.16. The summed E-state index contributed by atoms with van der Waals surface area (Å²) in [7, 11) is 0. The van der Waals surface area contributed by atoms with Crippen molar-refractivity contribution < 1.29 is 35.8 Å². The highest BCUT2D eigenvalue weighted by atomic mass is 19.4. The third kappa shape index (κ3) is 7.72. The first-order chi connectivity index (χ1) is 14.5. The molecule has 0 radical (unpaired) electrons. The standard InChI is InChI=1S/C19H22F6N4O2/c20-18(21,22)12-5-14(28-3-1-26)9-16(7-12)30-11-31-17-8-13(19(23,24)25)6-15(10-17)29-4-2-27/h5-10,28-29H,1-4,11,26-27H2. The van der Waals surface area contributed by atoms with E-state index < -0.39 is 30.3 Å². The SMILES string of the molecule is NCCNc1cc(OCOc2cc(NCCN)cc(C(F)(F)F)c2)cc(C(F)(F)F)c1. The Labute approximate surface area is 174 Å². The van der Waals surface area contributed by atoms with Crippen molar-refractivity contribution in [3.8, 4) is 11.5 Å². The third-order valence-corrected chi connectivity index (χ3v) is 3.87. The summed E-state index contributed by atoms with van der Waals surface area (Å²) < 4.78 is 89.0. The summed E-state index contributed by atoms with van der Waals surface area (Å²) in [4.78, 5) is 0. The number of nitrogens with two attached hydrogens (primary N) is 2. The molecular weight excluding hydrogens is 430 g/mol. The Bertz CT molecular complexity index is 789. The van der Waals surface area contributed by atoms with Crippen molar-refractivity contribution in [2.45, 2.75) is 12.4 Å². The first-order valence-corrected chi connectivity index (χ1v) is 9.11. The minimum atomic E-state index is -4.62. The average Bonchev–Trinajstić information content (AvgIpc) is 2.69. The maximum Gasteiger partial charge on any atom is 0.416 e. The summed E-state index contributed by atoms with van der Waals surface area (Å²) in [5.41, 5.74) is 9.01. The van der Waals surface area contributed by atoms with Gasteiger partial charge in [-0.2, -0.15) is 26.3 Å². The van der Waals surface area contributed by atoms with Gasteiger partial charge in [0.05, 0.1) is 11.1 Å². The van der Waals surface area contributed by atoms with Gasteiger partial charge in [0.25, 0.3) is 0 Å². The first-order valence-electron chi connectivity index (χ1n) is 9.11. The van der Waals surface area contributed by atoms with E-state index in [9.17, 15) is 26.3 Å². The second-order valence-electron chi connectivity index (χ2n) is 6.33. The molecule has 2 rings (SSSR count). The average molecular weight is 452 g/mol. The predicted octanol–water partition coefficient (Wildman–Crippen LogP) is 3.88. The van der Waals surface area contributed by atoms with Crippen LogP contribution in [0, 0.1) is 0 Å². The molecule has 0 unspecified atom stereocenters. The molecule has 0 amide bonds. The van der Waals surface area contributed by atoms with E-state index in [0.29, 0.717) is 0 Å². The third-order valence-electron chi connectivity index (χ3n) is 3.87. The molecule has 0 fully saturated rings. The lowest BCUT2D eigenvalue weighted by atomic mass is 10.1. The fourth-order valence-corrected chi connectivity index (χ4v) is 2.49. The smallest absolute Gasteiger partial charge is 0.416 e. The summed E-state index contributed by atoms with van der Waals surface area (Å²) >= 11 is 0. The fraction of sp³-hybridized carbons (Fsp3) is 0.368. The van der Waals surface area contributed by atoms with E-state index in [0.717, 1.165) is 24.3 Å². The van der Waals surface area contributed by atoms with Crippen LogP contribution in [0.15, 0.2) is 36.4 Å². The van der Waals surface area contributed by atoms with E-state index >= 15 is 0 Å². The number of rotatable bonds is 10. The van der Waals surface area contributed by atoms with Crippen LogP contribution in [0.5, 0.6) is 11.5 Å². The van der Waals surface area contributed by atoms with Crippen molar-refractivity contribution in [2.24, 2.45) is 11.5 Å². The lowest BCUT2D eigenvalue weighted by Crippen LogP contribution is -2.15. The van der Waals surface area contributed by atoms with Gasteiger partial charge in [0.1, 0.15) is 11.5 Å². The Morgan fingerprint density at radius 3 is 1.35 bits per heavy atom. The predicted molar refractivity (Wildman–Crippen MR) is 104 cm³/mol. The molecule has 12 heteroatoms. The number of nitrogens with one attached hydrogen (secondary N) is 2. The molecule has 0 aliphatic heterocycles. The molecule has 31 heavy (non-hydrogen) atoms. The monoisotopic (exact) mass is 452 g/mol. The number of anilines is 2. The van der Waals surface area contributed by atoms with Crippen LogP contribution >= 0.6 is 0 Å². The summed E-state index contributed by atoms with van der Waals surface area (Å²) in [5, 5.41) is 5.43. The van der Waals surface area contributed by atoms with Crippen molar-refractivity contribution in [1.82, 2.24) is 0 Å². The van der Waals surface area contributed by atoms with Gasteiger partial charge in [-0.15, -0.1) is 0 Å². The summed E-state index contributed by atoms with van der Waals surface area (Å²) in [5.74, 6) is -0.356. The van der Waals surface area contributed by atoms with Crippen LogP contribution in [0.3, 0.4) is 0 Å². The molecule has 0 saturated carbocycles. The fourth-order valence-electron chi connectivity index (χ4n) is 2.49. The Kier molecular flexibility index (Phi) is 8.22. The Morgan fingerprint density at radius 2 is 1.03 bits per heavy atom. The Hall–Kier alpha value is -2.86. The van der Waals surface area contributed by atoms with Crippen molar-refractivity contribution in [1.29, 1.82) is 0 Å². The maximum absolute atomic E-state index is 13.1. The minimum Gasteiger partial charge on any atom is -0.457 e. The van der Waals surface area contributed by atoms with Crippen LogP contribution in [-0.2, 0) is 12.4 Å². The van der Waals surface area contributed by atoms with Gasteiger partial charge >= 0.3 is 12.4 Å². The Morgan fingerprint density at radius 1 is 0.645 bits per heavy atom. The number of alkyl halides is 6. The van der Waals surface area contributed by atoms with E-state index in [1.807, 2.05) is 0 Å². The molecule has 0 aliphatic carbocycles. The van der Waals surface area contributed by atoms with Crippen molar-refractivity contribution in [2.75, 3.05) is 43.6 Å². The molecule has 0 aliphatic rings. The van der Waals surface area contributed by atoms with E-state index in [-0.39, 0.29) is 49.1 Å². The van der Waals surface area contributed by atoms with Crippen molar-refractivity contribution >= 4 is 11.4 Å². The molecule has 0 spiro atoms. The second kappa shape index (κ2) is 10.4. The van der Waals surface area contributed by atoms with Gasteiger partial charge in [-0.05, 0) is 24.3 Å². The number of halogens is 6. The molecule has 0 heterocycles. The van der Waals surface area contributed by atoms with Crippen LogP contribution in [0.1, 0.15) is 11.1 Å². The quantitative estimate of drug-likeness (QED) is 0.323. The Balaban J connectivity index is 2.16. The van der Waals surface area contributed by atoms with E-state index in [4.69, 9.17) is 20.9 Å². The van der Waals surface area contributed by atoms with Crippen LogP contribution in [-0.4, -0.2) is 33.0 Å². The minimum absolute atomic E-state index is 0.127. The largest absolute Gasteiger partial charge is 0.457 e. The summed E-state index contributed by atoms with van der Waals surface area (Å²) in [6, 6.07) is 5.91. The number of ether oxygens (including phenoxy) is 2. The van der Waals surface area contributed by atoms with Gasteiger partial charge in [0.15, 0.2) is 0 Å². The summed E-state index contributed by atoms with van der Waals surface area (Å²) in [6.07, 6.45) is -9.24. The van der Waals surface area contributed by atoms with Gasteiger partial charge in [0, 0.05) is 49.7 Å². The summed E-state index contributed by atoms with van der Waals surface area (Å²) in [6.45, 7) is 0.257. The van der Waals surface area contributed by atoms with Crippen LogP contribution in [0.2, 0.25) is 0 Å². The van der Waals surface area contributed by atoms with Gasteiger partial charge in [-0.25, -0.2) is 0 Å². The van der Waals surface area contributed by atoms with Gasteiger partial charge in [-0.1, -0.05) is 0 Å². The van der Waals surface area contributed by atoms with Crippen LogP contribution < -0.4 is 31.6 Å². The molecule has 0 aromatic heterocycles. The molecule has 2 aromatic carbocycles. The van der Waals surface area contributed by atoms with Crippen molar-refractivity contribution in [3.05, 3.63) is 47.5 Å². The second-order valence-corrected chi connectivity index (χ2v) is 6.33. The number of hydrogen-bond donors (Lipinski definition) is 4. The molecular formula is C19H22F6N4O2. The normalized spacial score (nSPS) is 11.9. The molecule has 0 saturated heterocycles. The highest BCUT2D eigenvalue weighted by Gasteiger charge is 2.32. The molecule has 2 aromatic rings. The van der Waals surface area contributed by atoms with Crippen molar-refractivity contribution in [3.63, 3.8) is 0 Å². The van der Waals surface area contributed by atoms with Gasteiger partial charge in [-0.3, -0.25) is 0 Å². The molecule has 172 valence electrons. The van der Waals surface area contributed by atoms with E-state index in [1.54, 1.807) is 0 Å². The lowest BCUT2D eigenvalue weighted by molar-refractivity contribution is -0.138. The first kappa shape index (κ1) is 24.4. The van der Waals surface area contributed by atoms with Gasteiger partial charge < -0.3 is 31.6 Å². The van der Waals surface area contributed by atoms with E-state index in [2.05, 4.69) is 10.6 Å². The zero-order valence-corrected chi connectivity index (χ0v) is 16.2. The highest BCUT2D eigenvalue weighted by Crippen LogP contribution is 2.35. The number of hydrogen-bond acceptors (Lipinski definition) is 6. The number of benzene rings is 2. The molecule has 0 bridgehead atoms. The zero-order valence-electron chi connectivity index (χ0n) is 16.2. The molecule has 6 nitrogen and oxygen atoms in total. The topological polar surface area (TPSA) is 94.6 Å². The molecule has 0 atom stereocenters.